The highest BCUT2D eigenvalue weighted by atomic mass is 31.0. The zero-order chi connectivity index (χ0) is 46.4. The first-order chi connectivity index (χ1) is 30.4. The molecule has 0 radical (unpaired) electrons. The van der Waals surface area contributed by atoms with Crippen LogP contribution in [0.1, 0.15) is 158 Å². The quantitative estimate of drug-likeness (QED) is 0.109. The minimum atomic E-state index is -1.75. The van der Waals surface area contributed by atoms with Crippen LogP contribution < -0.4 is 0 Å². The van der Waals surface area contributed by atoms with E-state index in [1.54, 1.807) is 0 Å². The van der Waals surface area contributed by atoms with Gasteiger partial charge in [0.05, 0.1) is 18.6 Å². The summed E-state index contributed by atoms with van der Waals surface area (Å²) in [6.07, 6.45) is 19.1. The molecule has 13 rings (SSSR count). The molecule has 358 valence electrons. The molecule has 13 aliphatic rings. The van der Waals surface area contributed by atoms with E-state index in [0.29, 0.717) is 81.1 Å². The molecule has 0 bridgehead atoms. The average Bonchev–Trinajstić information content (AvgIpc) is 4.04. The second-order valence-corrected chi connectivity index (χ2v) is 32.4. The normalized spacial score (nSPS) is 57.5. The van der Waals surface area contributed by atoms with Crippen LogP contribution in [-0.4, -0.2) is 72.8 Å². The van der Waals surface area contributed by atoms with Gasteiger partial charge in [-0.2, -0.15) is 0 Å². The molecule has 9 heteroatoms. The number of carbonyl (C=O) groups excluding carboxylic acids is 2. The van der Waals surface area contributed by atoms with Crippen molar-refractivity contribution in [3.63, 3.8) is 0 Å². The fourth-order valence-electron chi connectivity index (χ4n) is 20.4. The Bertz CT molecular complexity index is 2020. The molecule has 0 aromatic carbocycles. The van der Waals surface area contributed by atoms with Crippen LogP contribution in [0.15, 0.2) is 11.6 Å². The van der Waals surface area contributed by atoms with Crippen molar-refractivity contribution in [2.45, 2.75) is 199 Å². The van der Waals surface area contributed by atoms with Crippen LogP contribution in [0.3, 0.4) is 0 Å². The van der Waals surface area contributed by atoms with Crippen molar-refractivity contribution in [2.24, 2.45) is 105 Å². The molecule has 1 spiro atoms. The van der Waals surface area contributed by atoms with Gasteiger partial charge in [0, 0.05) is 37.2 Å². The third-order valence-corrected chi connectivity index (χ3v) is 29.2. The zero-order valence-electron chi connectivity index (χ0n) is 42.4. The molecule has 1 saturated heterocycles. The number of rotatable bonds is 5. The molecule has 0 amide bonds. The van der Waals surface area contributed by atoms with E-state index < -0.39 is 19.5 Å². The van der Waals surface area contributed by atoms with Crippen molar-refractivity contribution in [3.8, 4) is 0 Å². The molecule has 23 atom stereocenters. The Labute approximate surface area is 391 Å². The smallest absolute Gasteiger partial charge is 0.306 e. The first-order valence-electron chi connectivity index (χ1n) is 27.2. The van der Waals surface area contributed by atoms with Crippen molar-refractivity contribution in [1.82, 2.24) is 0 Å². The number of hydrogen-bond acceptors (Lipinski definition) is 7. The predicted octanol–water partition coefficient (Wildman–Crippen LogP) is 10.5. The number of allylic oxidation sites excluding steroid dienone is 1. The Morgan fingerprint density at radius 3 is 2.12 bits per heavy atom. The third-order valence-electron chi connectivity index (χ3n) is 24.6. The van der Waals surface area contributed by atoms with Gasteiger partial charge in [-0.3, -0.25) is 9.59 Å². The minimum Gasteiger partial charge on any atom is -0.458 e. The minimum absolute atomic E-state index is 0.00581. The van der Waals surface area contributed by atoms with Crippen LogP contribution in [0.4, 0.5) is 0 Å². The molecule has 64 heavy (non-hydrogen) atoms. The van der Waals surface area contributed by atoms with Gasteiger partial charge in [-0.05, 0) is 207 Å². The van der Waals surface area contributed by atoms with Gasteiger partial charge in [0.25, 0.3) is 0 Å². The first kappa shape index (κ1) is 44.6. The number of fused-ring (bicyclic) bond motifs is 22. The predicted molar refractivity (Wildman–Crippen MR) is 256 cm³/mol. The maximum Gasteiger partial charge on any atom is 0.306 e. The van der Waals surface area contributed by atoms with E-state index in [4.69, 9.17) is 10.4 Å². The molecular formula is C55H87O7PSi. The summed E-state index contributed by atoms with van der Waals surface area (Å²) in [5, 5.41) is 35.1. The second kappa shape index (κ2) is 14.3. The van der Waals surface area contributed by atoms with Crippen LogP contribution in [0.5, 0.6) is 0 Å². The molecule has 1 heterocycles. The number of ketones is 1. The Morgan fingerprint density at radius 1 is 0.797 bits per heavy atom. The summed E-state index contributed by atoms with van der Waals surface area (Å²) in [6, 6.07) is 0. The van der Waals surface area contributed by atoms with Crippen molar-refractivity contribution < 1.29 is 34.1 Å². The number of aliphatic hydroxyl groups excluding tert-OH is 1. The number of carbonyl (C=O) groups is 2. The van der Waals surface area contributed by atoms with Crippen molar-refractivity contribution in [2.75, 3.05) is 13.3 Å². The average molecular weight is 920 g/mol. The fraction of sp³-hybridized carbons (Fsp3) is 0.927. The van der Waals surface area contributed by atoms with E-state index in [1.165, 1.54) is 37.7 Å². The number of aliphatic hydroxyl groups is 3. The van der Waals surface area contributed by atoms with Crippen LogP contribution in [0.2, 0.25) is 18.1 Å². The maximum absolute atomic E-state index is 12.4. The molecule has 0 aromatic rings. The maximum atomic E-state index is 12.4. The van der Waals surface area contributed by atoms with Crippen LogP contribution in [0, 0.1) is 105 Å². The van der Waals surface area contributed by atoms with Gasteiger partial charge in [-0.15, -0.1) is 9.18 Å². The SMILES string of the molecule is CC(C)(C)[Si](C)(C)OCCC[C@]1(O)[C@H]2C[C@H]2C2C3C(CC[C@@]21C)[C@@]1(C)CC[C@H](O)C[C@@]1(O)[C@@H]1C[C@H]31.C[C@]12CCC(=O)C=C1[C@@H]1C[C@@H]1C1C2CC[C@@]2(C)C1[C@@H]1C[C@@H]1[C@@]21CCC(=O)O1.[2H]PC. The van der Waals surface area contributed by atoms with Crippen molar-refractivity contribution in [3.05, 3.63) is 11.6 Å². The van der Waals surface area contributed by atoms with Crippen molar-refractivity contribution >= 4 is 29.3 Å². The lowest BCUT2D eigenvalue weighted by Gasteiger charge is -2.64. The summed E-state index contributed by atoms with van der Waals surface area (Å²) < 4.78 is 18.9. The topological polar surface area (TPSA) is 113 Å². The Hall–Kier alpha value is -0.633. The van der Waals surface area contributed by atoms with E-state index in [9.17, 15) is 24.9 Å². The lowest BCUT2D eigenvalue weighted by Crippen LogP contribution is -2.65. The first-order valence-corrected chi connectivity index (χ1v) is 30.6. The van der Waals surface area contributed by atoms with Crippen molar-refractivity contribution in [1.29, 1.82) is 1.28 Å². The summed E-state index contributed by atoms with van der Waals surface area (Å²) in [5.74, 6) is 9.61. The summed E-state index contributed by atoms with van der Waals surface area (Å²) in [7, 11) is -1.42. The standard InChI is InChI=1S/C30H52O4Si.C24H30O3.CH5P/c1-26(2,3)35(6,7)34-14-8-11-29(32)23-16-20(23)25-24-19-15-22(19)30(33)17-18(31)9-12-27(30,4)21(24)10-13-28(25,29)5;1-22-6-3-12(25)9-17(22)13-10-14(13)20-16(22)4-7-23(2)21(20)15-11-18(15)24(23)8-5-19(26)27-24;1-2/h18-25,31-33H,8-17H2,1-7H3;9,13-16,18,20-21H,3-8,10-11H2,1-2H3;2H2,1H3/t18-,19-,20+,21?,22+,23-,24?,25?,27+,28-,29-,30+;13-,14+,15-,16?,18+,20?,21?,22-,23+,24+;/m01./s1/i;;2D. The summed E-state index contributed by atoms with van der Waals surface area (Å²) in [4.78, 5) is 24.3. The Kier molecular flexibility index (Phi) is 9.93. The molecule has 11 saturated carbocycles. The molecule has 3 N–H and O–H groups in total. The second-order valence-electron chi connectivity index (χ2n) is 27.6. The third kappa shape index (κ3) is 5.80. The summed E-state index contributed by atoms with van der Waals surface area (Å²) >= 11 is 0. The van der Waals surface area contributed by atoms with E-state index in [1.807, 2.05) is 6.66 Å². The van der Waals surface area contributed by atoms with Gasteiger partial charge >= 0.3 is 5.97 Å². The number of ether oxygens (including phenoxy) is 1. The zero-order valence-corrected chi connectivity index (χ0v) is 43.4. The van der Waals surface area contributed by atoms with Gasteiger partial charge in [0.2, 0.25) is 0 Å². The summed E-state index contributed by atoms with van der Waals surface area (Å²) in [6.45, 7) is 23.9. The van der Waals surface area contributed by atoms with Crippen LogP contribution in [0.25, 0.3) is 0 Å². The van der Waals surface area contributed by atoms with E-state index in [2.05, 4.69) is 67.6 Å². The van der Waals surface area contributed by atoms with Gasteiger partial charge in [0.1, 0.15) is 5.60 Å². The number of esters is 1. The summed E-state index contributed by atoms with van der Waals surface area (Å²) in [5.41, 5.74) is 0.557. The fourth-order valence-corrected chi connectivity index (χ4v) is 21.5. The monoisotopic (exact) mass is 920 g/mol. The van der Waals surface area contributed by atoms with E-state index in [-0.39, 0.29) is 44.4 Å². The van der Waals surface area contributed by atoms with E-state index in [0.717, 1.165) is 100 Å². The lowest BCUT2D eigenvalue weighted by molar-refractivity contribution is -0.237. The Balaban J connectivity index is 0.000000140. The highest BCUT2D eigenvalue weighted by molar-refractivity contribution is 7.15. The van der Waals surface area contributed by atoms with Gasteiger partial charge in [0.15, 0.2) is 14.1 Å². The van der Waals surface area contributed by atoms with Gasteiger partial charge in [-0.1, -0.05) is 60.7 Å². The van der Waals surface area contributed by atoms with Crippen LogP contribution in [-0.2, 0) is 18.8 Å². The Morgan fingerprint density at radius 2 is 1.42 bits per heavy atom. The van der Waals surface area contributed by atoms with E-state index >= 15 is 0 Å². The lowest BCUT2D eigenvalue weighted by atomic mass is 9.42. The molecule has 7 unspecified atom stereocenters. The van der Waals surface area contributed by atoms with Gasteiger partial charge < -0.3 is 24.5 Å². The molecule has 12 aliphatic carbocycles. The molecule has 1 aliphatic heterocycles. The molecule has 7 nitrogen and oxygen atoms in total. The molecular weight excluding hydrogens is 832 g/mol. The highest BCUT2D eigenvalue weighted by Gasteiger charge is 2.83. The molecule has 12 fully saturated rings. The largest absolute Gasteiger partial charge is 0.458 e. The van der Waals surface area contributed by atoms with Gasteiger partial charge in [-0.25, -0.2) is 0 Å². The highest BCUT2D eigenvalue weighted by Crippen LogP contribution is 2.84. The van der Waals surface area contributed by atoms with Crippen LogP contribution >= 0.6 is 9.18 Å². The molecule has 0 aromatic heterocycles. The number of hydrogen-bond donors (Lipinski definition) is 3.